The highest BCUT2D eigenvalue weighted by molar-refractivity contribution is 4.97. The molecule has 2 saturated heterocycles. The molecule has 0 radical (unpaired) electrons. The largest absolute Gasteiger partial charge is 0.394 e. The number of rotatable bonds is 8. The van der Waals surface area contributed by atoms with Gasteiger partial charge in [0.15, 0.2) is 6.29 Å². The van der Waals surface area contributed by atoms with Gasteiger partial charge in [-0.1, -0.05) is 0 Å². The summed E-state index contributed by atoms with van der Waals surface area (Å²) in [5, 5.41) is 39.3. The predicted octanol–water partition coefficient (Wildman–Crippen LogP) is -3.72. The second-order valence-electron chi connectivity index (χ2n) is 6.84. The van der Waals surface area contributed by atoms with Crippen LogP contribution in [0.5, 0.6) is 0 Å². The van der Waals surface area contributed by atoms with Crippen LogP contribution in [-0.4, -0.2) is 115 Å². The SMILES string of the molecule is COC1C(CO)OC(OC2C(COCCO)OC(C)C(N)C2O)C(N)C1O. The molecule has 10 atom stereocenters. The van der Waals surface area contributed by atoms with Crippen molar-refractivity contribution in [3.05, 3.63) is 0 Å². The standard InChI is InChI=1S/C16H32N2O9/c1-7-10(17)12(21)15(9(25-7)6-24-4-3-19)27-16-11(18)13(22)14(23-2)8(5-20)26-16/h7-16,19-22H,3-6,17-18H2,1-2H3. The Hall–Kier alpha value is -0.440. The number of ether oxygens (including phenoxy) is 5. The van der Waals surface area contributed by atoms with Crippen LogP contribution < -0.4 is 11.5 Å². The average molecular weight is 396 g/mol. The van der Waals surface area contributed by atoms with Crippen LogP contribution in [0.3, 0.4) is 0 Å². The van der Waals surface area contributed by atoms with E-state index in [1.54, 1.807) is 6.92 Å². The van der Waals surface area contributed by atoms with E-state index in [1.165, 1.54) is 7.11 Å². The molecule has 0 bridgehead atoms. The second kappa shape index (κ2) is 10.4. The lowest BCUT2D eigenvalue weighted by Gasteiger charge is -2.47. The van der Waals surface area contributed by atoms with Crippen LogP contribution >= 0.6 is 0 Å². The summed E-state index contributed by atoms with van der Waals surface area (Å²) >= 11 is 0. The zero-order chi connectivity index (χ0) is 20.1. The average Bonchev–Trinajstić information content (AvgIpc) is 2.66. The Balaban J connectivity index is 2.12. The number of aliphatic hydroxyl groups is 4. The van der Waals surface area contributed by atoms with Crippen LogP contribution in [0.1, 0.15) is 6.92 Å². The molecule has 27 heavy (non-hydrogen) atoms. The maximum Gasteiger partial charge on any atom is 0.176 e. The number of hydrogen-bond donors (Lipinski definition) is 6. The summed E-state index contributed by atoms with van der Waals surface area (Å²) in [7, 11) is 1.38. The highest BCUT2D eigenvalue weighted by Crippen LogP contribution is 2.28. The molecule has 0 amide bonds. The summed E-state index contributed by atoms with van der Waals surface area (Å²) < 4.78 is 27.7. The van der Waals surface area contributed by atoms with Gasteiger partial charge in [-0.2, -0.15) is 0 Å². The van der Waals surface area contributed by atoms with Crippen molar-refractivity contribution in [3.63, 3.8) is 0 Å². The smallest absolute Gasteiger partial charge is 0.176 e. The molecule has 8 N–H and O–H groups in total. The number of hydrogen-bond acceptors (Lipinski definition) is 11. The van der Waals surface area contributed by atoms with E-state index in [1.807, 2.05) is 0 Å². The minimum atomic E-state index is -1.15. The van der Waals surface area contributed by atoms with Gasteiger partial charge in [-0.05, 0) is 6.92 Å². The van der Waals surface area contributed by atoms with E-state index in [0.29, 0.717) is 0 Å². The molecule has 0 spiro atoms. The molecule has 2 rings (SSSR count). The highest BCUT2D eigenvalue weighted by Gasteiger charge is 2.49. The Morgan fingerprint density at radius 3 is 2.22 bits per heavy atom. The molecule has 0 aromatic heterocycles. The Morgan fingerprint density at radius 1 is 0.963 bits per heavy atom. The van der Waals surface area contributed by atoms with E-state index in [2.05, 4.69) is 0 Å². The molecule has 0 saturated carbocycles. The van der Waals surface area contributed by atoms with Crippen LogP contribution in [0.15, 0.2) is 0 Å². The van der Waals surface area contributed by atoms with E-state index >= 15 is 0 Å². The first-order valence-corrected chi connectivity index (χ1v) is 9.01. The lowest BCUT2D eigenvalue weighted by atomic mass is 9.93. The minimum Gasteiger partial charge on any atom is -0.394 e. The molecule has 2 heterocycles. The Morgan fingerprint density at radius 2 is 1.63 bits per heavy atom. The third-order valence-corrected chi connectivity index (χ3v) is 5.01. The Labute approximate surface area is 158 Å². The van der Waals surface area contributed by atoms with Crippen molar-refractivity contribution in [2.24, 2.45) is 11.5 Å². The van der Waals surface area contributed by atoms with E-state index in [0.717, 1.165) is 0 Å². The second-order valence-corrected chi connectivity index (χ2v) is 6.84. The summed E-state index contributed by atoms with van der Waals surface area (Å²) in [6.45, 7) is 1.30. The lowest BCUT2D eigenvalue weighted by molar-refractivity contribution is -0.312. The summed E-state index contributed by atoms with van der Waals surface area (Å²) in [5.41, 5.74) is 12.0. The molecular weight excluding hydrogens is 364 g/mol. The third-order valence-electron chi connectivity index (χ3n) is 5.01. The van der Waals surface area contributed by atoms with Gasteiger partial charge in [-0.25, -0.2) is 0 Å². The number of nitrogens with two attached hydrogens (primary N) is 2. The maximum atomic E-state index is 10.6. The normalized spacial score (nSPS) is 45.8. The van der Waals surface area contributed by atoms with Crippen LogP contribution in [0.2, 0.25) is 0 Å². The van der Waals surface area contributed by atoms with Gasteiger partial charge in [0.1, 0.15) is 36.6 Å². The topological polar surface area (TPSA) is 179 Å². The zero-order valence-electron chi connectivity index (χ0n) is 15.6. The van der Waals surface area contributed by atoms with E-state index in [4.69, 9.17) is 40.3 Å². The molecule has 2 aliphatic heterocycles. The van der Waals surface area contributed by atoms with Crippen LogP contribution in [0.4, 0.5) is 0 Å². The predicted molar refractivity (Wildman–Crippen MR) is 91.6 cm³/mol. The van der Waals surface area contributed by atoms with Gasteiger partial charge >= 0.3 is 0 Å². The molecule has 2 fully saturated rings. The van der Waals surface area contributed by atoms with E-state index < -0.39 is 67.7 Å². The fourth-order valence-electron chi connectivity index (χ4n) is 3.38. The van der Waals surface area contributed by atoms with Gasteiger partial charge in [0.05, 0.1) is 44.6 Å². The summed E-state index contributed by atoms with van der Waals surface area (Å²) in [4.78, 5) is 0. The fraction of sp³-hybridized carbons (Fsp3) is 1.00. The van der Waals surface area contributed by atoms with Crippen LogP contribution in [0, 0.1) is 0 Å². The van der Waals surface area contributed by atoms with Crippen molar-refractivity contribution in [2.45, 2.75) is 68.0 Å². The molecule has 11 heteroatoms. The molecule has 160 valence electrons. The summed E-state index contributed by atoms with van der Waals surface area (Å²) in [6, 6.07) is -1.70. The molecule has 0 aromatic carbocycles. The maximum absolute atomic E-state index is 10.6. The molecule has 10 unspecified atom stereocenters. The first-order chi connectivity index (χ1) is 12.8. The van der Waals surface area contributed by atoms with Crippen LogP contribution in [-0.2, 0) is 23.7 Å². The Kier molecular flexibility index (Phi) is 8.77. The van der Waals surface area contributed by atoms with Crippen molar-refractivity contribution in [1.29, 1.82) is 0 Å². The van der Waals surface area contributed by atoms with Crippen molar-refractivity contribution in [2.75, 3.05) is 33.5 Å². The monoisotopic (exact) mass is 396 g/mol. The summed E-state index contributed by atoms with van der Waals surface area (Å²) in [6.07, 6.45) is -7.14. The first kappa shape index (κ1) is 22.8. The fourth-order valence-corrected chi connectivity index (χ4v) is 3.38. The van der Waals surface area contributed by atoms with Gasteiger partial charge in [0.2, 0.25) is 0 Å². The van der Waals surface area contributed by atoms with Crippen LogP contribution in [0.25, 0.3) is 0 Å². The highest BCUT2D eigenvalue weighted by atomic mass is 16.7. The van der Waals surface area contributed by atoms with Gasteiger partial charge in [-0.15, -0.1) is 0 Å². The van der Waals surface area contributed by atoms with E-state index in [-0.39, 0.29) is 19.8 Å². The summed E-state index contributed by atoms with van der Waals surface area (Å²) in [5.74, 6) is 0. The van der Waals surface area contributed by atoms with Gasteiger partial charge in [0.25, 0.3) is 0 Å². The Bertz CT molecular complexity index is 444. The number of methoxy groups -OCH3 is 1. The molecular formula is C16H32N2O9. The minimum absolute atomic E-state index is 0.0496. The van der Waals surface area contributed by atoms with Crippen molar-refractivity contribution in [3.8, 4) is 0 Å². The van der Waals surface area contributed by atoms with Gasteiger partial charge < -0.3 is 55.6 Å². The number of aliphatic hydroxyl groups excluding tert-OH is 4. The molecule has 0 aliphatic carbocycles. The van der Waals surface area contributed by atoms with Crippen molar-refractivity contribution >= 4 is 0 Å². The molecule has 11 nitrogen and oxygen atoms in total. The zero-order valence-corrected chi connectivity index (χ0v) is 15.6. The van der Waals surface area contributed by atoms with Crippen molar-refractivity contribution in [1.82, 2.24) is 0 Å². The first-order valence-electron chi connectivity index (χ1n) is 9.01. The molecule has 2 aliphatic rings. The molecule has 0 aromatic rings. The van der Waals surface area contributed by atoms with Gasteiger partial charge in [0, 0.05) is 7.11 Å². The lowest BCUT2D eigenvalue weighted by Crippen LogP contribution is -2.67. The third kappa shape index (κ3) is 5.14. The quantitative estimate of drug-likeness (QED) is 0.222. The van der Waals surface area contributed by atoms with Crippen molar-refractivity contribution < 1.29 is 44.1 Å². The van der Waals surface area contributed by atoms with E-state index in [9.17, 15) is 15.3 Å². The van der Waals surface area contributed by atoms with Gasteiger partial charge in [-0.3, -0.25) is 0 Å².